The van der Waals surface area contributed by atoms with Crippen LogP contribution in [0.4, 0.5) is 0 Å². The molecule has 0 bridgehead atoms. The summed E-state index contributed by atoms with van der Waals surface area (Å²) in [5.74, 6) is -0.396. The van der Waals surface area contributed by atoms with E-state index in [-0.39, 0.29) is 13.1 Å². The van der Waals surface area contributed by atoms with E-state index >= 15 is 0 Å². The van der Waals surface area contributed by atoms with Crippen LogP contribution < -0.4 is 5.32 Å². The zero-order chi connectivity index (χ0) is 22.4. The lowest BCUT2D eigenvalue weighted by Crippen LogP contribution is -2.41. The molecule has 0 aliphatic carbocycles. The van der Waals surface area contributed by atoms with Crippen LogP contribution in [0, 0.1) is 6.92 Å². The van der Waals surface area contributed by atoms with Gasteiger partial charge in [0.15, 0.2) is 0 Å². The normalized spacial score (nSPS) is 12.5. The Kier molecular flexibility index (Phi) is 7.49. The van der Waals surface area contributed by atoms with E-state index in [1.165, 1.54) is 0 Å². The second kappa shape index (κ2) is 10.1. The third kappa shape index (κ3) is 6.40. The Labute approximate surface area is 188 Å². The van der Waals surface area contributed by atoms with Crippen LogP contribution >= 0.6 is 11.6 Å². The number of nitrogens with one attached hydrogen (secondary N) is 1. The number of benzene rings is 3. The van der Waals surface area contributed by atoms with Crippen LogP contribution in [-0.2, 0) is 21.4 Å². The smallest absolute Gasteiger partial charge is 0.236 e. The minimum Gasteiger partial charge on any atom is -0.344 e. The molecule has 0 fully saturated rings. The number of halogens is 1. The fourth-order valence-electron chi connectivity index (χ4n) is 3.33. The molecule has 0 aliphatic rings. The molecule has 3 aromatic carbocycles. The maximum Gasteiger partial charge on any atom is 0.236 e. The lowest BCUT2D eigenvalue weighted by molar-refractivity contribution is -0.121. The number of sulfonamides is 1. The van der Waals surface area contributed by atoms with E-state index in [0.29, 0.717) is 10.6 Å². The van der Waals surface area contributed by atoms with Crippen LogP contribution in [0.2, 0.25) is 5.02 Å². The fourth-order valence-corrected chi connectivity index (χ4v) is 4.25. The maximum absolute atomic E-state index is 13.0. The average Bonchev–Trinajstić information content (AvgIpc) is 2.73. The molecule has 5 nitrogen and oxygen atoms in total. The molecule has 0 aliphatic heterocycles. The number of hydrogen-bond acceptors (Lipinski definition) is 3. The van der Waals surface area contributed by atoms with Gasteiger partial charge in [-0.2, -0.15) is 4.31 Å². The molecule has 1 N–H and O–H groups in total. The number of carbonyl (C=O) groups is 1. The number of carbonyl (C=O) groups excluding carboxylic acids is 1. The van der Waals surface area contributed by atoms with E-state index in [9.17, 15) is 13.2 Å². The summed E-state index contributed by atoms with van der Waals surface area (Å²) in [7, 11) is -3.63. The van der Waals surface area contributed by atoms with Crippen molar-refractivity contribution in [1.82, 2.24) is 9.62 Å². The molecule has 0 saturated heterocycles. The van der Waals surface area contributed by atoms with Crippen molar-refractivity contribution in [2.24, 2.45) is 0 Å². The molecule has 162 valence electrons. The highest BCUT2D eigenvalue weighted by Gasteiger charge is 2.24. The molecule has 0 saturated carbocycles. The summed E-state index contributed by atoms with van der Waals surface area (Å²) in [4.78, 5) is 13.0. The minimum atomic E-state index is -3.63. The van der Waals surface area contributed by atoms with Crippen LogP contribution in [0.1, 0.15) is 28.3 Å². The Hall–Kier alpha value is -2.67. The Balaban J connectivity index is 1.84. The van der Waals surface area contributed by atoms with Crippen LogP contribution in [0.3, 0.4) is 0 Å². The first-order valence-corrected chi connectivity index (χ1v) is 12.1. The number of hydrogen-bond donors (Lipinski definition) is 1. The topological polar surface area (TPSA) is 66.5 Å². The van der Waals surface area contributed by atoms with Crippen molar-refractivity contribution in [3.63, 3.8) is 0 Å². The summed E-state index contributed by atoms with van der Waals surface area (Å²) in [6.45, 7) is 1.70. The third-order valence-electron chi connectivity index (χ3n) is 4.91. The lowest BCUT2D eigenvalue weighted by atomic mass is 9.97. The average molecular weight is 457 g/mol. The zero-order valence-electron chi connectivity index (χ0n) is 17.5. The zero-order valence-corrected chi connectivity index (χ0v) is 19.0. The molecule has 1 amide bonds. The molecule has 7 heteroatoms. The van der Waals surface area contributed by atoms with Crippen molar-refractivity contribution in [2.45, 2.75) is 19.5 Å². The molecule has 31 heavy (non-hydrogen) atoms. The van der Waals surface area contributed by atoms with E-state index in [1.54, 1.807) is 24.3 Å². The summed E-state index contributed by atoms with van der Waals surface area (Å²) in [6.07, 6.45) is 1.09. The lowest BCUT2D eigenvalue weighted by Gasteiger charge is -2.24. The molecule has 3 rings (SSSR count). The summed E-state index contributed by atoms with van der Waals surface area (Å²) < 4.78 is 25.8. The van der Waals surface area contributed by atoms with Gasteiger partial charge in [-0.1, -0.05) is 90.0 Å². The van der Waals surface area contributed by atoms with E-state index in [4.69, 9.17) is 11.6 Å². The summed E-state index contributed by atoms with van der Waals surface area (Å²) in [5.41, 5.74) is 3.56. The highest BCUT2D eigenvalue weighted by molar-refractivity contribution is 7.88. The van der Waals surface area contributed by atoms with Crippen molar-refractivity contribution in [3.05, 3.63) is 106 Å². The van der Waals surface area contributed by atoms with Crippen LogP contribution in [0.25, 0.3) is 0 Å². The predicted octanol–water partition coefficient (Wildman–Crippen LogP) is 4.32. The summed E-state index contributed by atoms with van der Waals surface area (Å²) in [6, 6.07) is 24.1. The first kappa shape index (κ1) is 23.0. The quantitative estimate of drug-likeness (QED) is 0.549. The third-order valence-corrected chi connectivity index (χ3v) is 6.47. The predicted molar refractivity (Wildman–Crippen MR) is 124 cm³/mol. The number of amides is 1. The molecule has 0 radical (unpaired) electrons. The van der Waals surface area contributed by atoms with Crippen LogP contribution in [0.15, 0.2) is 78.9 Å². The molecular weight excluding hydrogens is 432 g/mol. The van der Waals surface area contributed by atoms with Gasteiger partial charge in [-0.3, -0.25) is 4.79 Å². The van der Waals surface area contributed by atoms with Crippen LogP contribution in [-0.4, -0.2) is 31.4 Å². The van der Waals surface area contributed by atoms with Gasteiger partial charge in [0, 0.05) is 11.6 Å². The molecule has 1 unspecified atom stereocenters. The number of rotatable bonds is 8. The maximum atomic E-state index is 13.0. The Morgan fingerprint density at radius 1 is 0.968 bits per heavy atom. The Bertz CT molecular complexity index is 1150. The van der Waals surface area contributed by atoms with Crippen molar-refractivity contribution in [2.75, 3.05) is 12.8 Å². The van der Waals surface area contributed by atoms with Gasteiger partial charge < -0.3 is 5.32 Å². The Morgan fingerprint density at radius 3 is 2.26 bits per heavy atom. The summed E-state index contributed by atoms with van der Waals surface area (Å²) in [5, 5.41) is 3.46. The van der Waals surface area contributed by atoms with Gasteiger partial charge in [-0.15, -0.1) is 0 Å². The van der Waals surface area contributed by atoms with Crippen molar-refractivity contribution < 1.29 is 13.2 Å². The van der Waals surface area contributed by atoms with Crippen molar-refractivity contribution in [3.8, 4) is 0 Å². The van der Waals surface area contributed by atoms with Gasteiger partial charge in [0.25, 0.3) is 0 Å². The molecule has 0 heterocycles. The largest absolute Gasteiger partial charge is 0.344 e. The first-order valence-electron chi connectivity index (χ1n) is 9.83. The minimum absolute atomic E-state index is 0.0202. The first-order chi connectivity index (χ1) is 14.7. The van der Waals surface area contributed by atoms with Crippen molar-refractivity contribution >= 4 is 27.5 Å². The van der Waals surface area contributed by atoms with Gasteiger partial charge in [0.05, 0.1) is 18.8 Å². The van der Waals surface area contributed by atoms with Crippen molar-refractivity contribution in [1.29, 1.82) is 0 Å². The Morgan fingerprint density at radius 2 is 1.61 bits per heavy atom. The molecular formula is C24H25ClN2O3S. The molecule has 3 aromatic rings. The standard InChI is InChI=1S/C24H25ClN2O3S/c1-18-9-8-13-20(15-18)24(19-10-4-3-5-11-19)26-23(28)17-27(31(2,29)30)16-21-12-6-7-14-22(21)25/h3-15,24H,16-17H2,1-2H3,(H,26,28). The van der Waals surface area contributed by atoms with E-state index in [0.717, 1.165) is 27.3 Å². The van der Waals surface area contributed by atoms with Gasteiger partial charge in [0.2, 0.25) is 15.9 Å². The number of nitrogens with zero attached hydrogens (tertiary/aromatic N) is 1. The molecule has 0 aromatic heterocycles. The fraction of sp³-hybridized carbons (Fsp3) is 0.208. The van der Waals surface area contributed by atoms with Gasteiger partial charge in [0.1, 0.15) is 0 Å². The van der Waals surface area contributed by atoms with Crippen LogP contribution in [0.5, 0.6) is 0 Å². The summed E-state index contributed by atoms with van der Waals surface area (Å²) >= 11 is 6.19. The van der Waals surface area contributed by atoms with E-state index in [2.05, 4.69) is 5.32 Å². The number of aryl methyl sites for hydroxylation is 1. The second-order valence-corrected chi connectivity index (χ2v) is 9.84. The van der Waals surface area contributed by atoms with E-state index in [1.807, 2.05) is 61.5 Å². The second-order valence-electron chi connectivity index (χ2n) is 7.45. The highest BCUT2D eigenvalue weighted by Crippen LogP contribution is 2.23. The van der Waals surface area contributed by atoms with Gasteiger partial charge in [-0.05, 0) is 29.7 Å². The molecule has 0 spiro atoms. The monoisotopic (exact) mass is 456 g/mol. The van der Waals surface area contributed by atoms with Gasteiger partial charge >= 0.3 is 0 Å². The highest BCUT2D eigenvalue weighted by atomic mass is 35.5. The van der Waals surface area contributed by atoms with E-state index < -0.39 is 22.0 Å². The van der Waals surface area contributed by atoms with Gasteiger partial charge in [-0.25, -0.2) is 8.42 Å². The molecule has 1 atom stereocenters. The SMILES string of the molecule is Cc1cccc(C(NC(=O)CN(Cc2ccccc2Cl)S(C)(=O)=O)c2ccccc2)c1.